The van der Waals surface area contributed by atoms with Crippen LogP contribution in [-0.2, 0) is 28.6 Å². The zero-order valence-corrected chi connectivity index (χ0v) is 40.6. The second kappa shape index (κ2) is 43.0. The molecule has 0 N–H and O–H groups in total. The number of carbonyl (C=O) groups excluding carboxylic acids is 3. The fraction of sp³-hybridized carbons (Fsp3) is 0.942. The van der Waals surface area contributed by atoms with Crippen molar-refractivity contribution in [3.05, 3.63) is 0 Å². The van der Waals surface area contributed by atoms with E-state index in [2.05, 4.69) is 53.5 Å². The van der Waals surface area contributed by atoms with Crippen LogP contribution in [0.25, 0.3) is 0 Å². The molecule has 0 unspecified atom stereocenters. The Balaban J connectivity index is 4.49. The van der Waals surface area contributed by atoms with E-state index < -0.39 is 0 Å². The molecule has 0 aromatic heterocycles. The molecule has 7 heteroatoms. The second-order valence-corrected chi connectivity index (χ2v) is 18.6. The van der Waals surface area contributed by atoms with E-state index in [1.165, 1.54) is 103 Å². The summed E-state index contributed by atoms with van der Waals surface area (Å²) in [7, 11) is 2.11. The monoisotopic (exact) mass is 836 g/mol. The van der Waals surface area contributed by atoms with Crippen molar-refractivity contribution in [2.45, 2.75) is 266 Å². The third-order valence-corrected chi connectivity index (χ3v) is 12.7. The van der Waals surface area contributed by atoms with Crippen LogP contribution in [0.1, 0.15) is 260 Å². The number of carbonyl (C=O) groups is 3. The van der Waals surface area contributed by atoms with Gasteiger partial charge >= 0.3 is 17.9 Å². The number of hydrogen-bond donors (Lipinski definition) is 0. The average molecular weight is 836 g/mol. The molecule has 0 amide bonds. The summed E-state index contributed by atoms with van der Waals surface area (Å²) in [6, 6.07) is 0.489. The number of ether oxygens (including phenoxy) is 3. The van der Waals surface area contributed by atoms with Crippen LogP contribution in [0.3, 0.4) is 0 Å². The summed E-state index contributed by atoms with van der Waals surface area (Å²) in [6.07, 6.45) is 37.6. The lowest BCUT2D eigenvalue weighted by Crippen LogP contribution is -2.28. The first-order valence-electron chi connectivity index (χ1n) is 25.8. The minimum absolute atomic E-state index is 0.0325. The summed E-state index contributed by atoms with van der Waals surface area (Å²) >= 11 is 0. The first-order valence-corrected chi connectivity index (χ1v) is 25.8. The summed E-state index contributed by atoms with van der Waals surface area (Å²) in [4.78, 5) is 40.0. The van der Waals surface area contributed by atoms with E-state index in [4.69, 9.17) is 14.2 Å². The maximum absolute atomic E-state index is 12.8. The van der Waals surface area contributed by atoms with E-state index in [9.17, 15) is 14.4 Å². The van der Waals surface area contributed by atoms with Crippen LogP contribution >= 0.6 is 0 Å². The van der Waals surface area contributed by atoms with Gasteiger partial charge in [-0.15, -0.1) is 0 Å². The van der Waals surface area contributed by atoms with Crippen LogP contribution in [0, 0.1) is 17.8 Å². The van der Waals surface area contributed by atoms with E-state index >= 15 is 0 Å². The zero-order valence-electron chi connectivity index (χ0n) is 40.6. The van der Waals surface area contributed by atoms with Gasteiger partial charge in [-0.2, -0.15) is 0 Å². The lowest BCUT2D eigenvalue weighted by atomic mass is 9.91. The smallest absolute Gasteiger partial charge is 0.306 e. The third-order valence-electron chi connectivity index (χ3n) is 12.7. The van der Waals surface area contributed by atoms with Crippen molar-refractivity contribution in [3.63, 3.8) is 0 Å². The molecule has 0 saturated carbocycles. The normalized spacial score (nSPS) is 11.8. The molecule has 0 bridgehead atoms. The molecule has 0 heterocycles. The lowest BCUT2D eigenvalue weighted by Gasteiger charge is -2.21. The topological polar surface area (TPSA) is 82.1 Å². The summed E-state index contributed by atoms with van der Waals surface area (Å²) in [5.41, 5.74) is 0. The van der Waals surface area contributed by atoms with Crippen LogP contribution < -0.4 is 0 Å². The Bertz CT molecular complexity index is 864. The number of nitrogens with zero attached hydrogens (tertiary/aromatic N) is 1. The molecule has 0 aliphatic rings. The van der Waals surface area contributed by atoms with Crippen molar-refractivity contribution in [3.8, 4) is 0 Å². The average Bonchev–Trinajstić information content (AvgIpc) is 3.21. The predicted molar refractivity (Wildman–Crippen MR) is 251 cm³/mol. The van der Waals surface area contributed by atoms with Gasteiger partial charge in [-0.05, 0) is 83.6 Å². The minimum atomic E-state index is -0.0549. The molecule has 0 aliphatic heterocycles. The van der Waals surface area contributed by atoms with Crippen LogP contribution in [0.4, 0.5) is 0 Å². The Morgan fingerprint density at radius 3 is 1.12 bits per heavy atom. The Kier molecular flexibility index (Phi) is 41.8. The van der Waals surface area contributed by atoms with E-state index in [0.717, 1.165) is 103 Å². The SMILES string of the molecule is CCCCCC(CCCCC)CCOC(=O)CCCCCCCC(CCCCCCCC(=O)OCCC(CCCCC)CCCCC)CC(=O)OCCCN(C)C(C)C. The van der Waals surface area contributed by atoms with E-state index in [1.54, 1.807) is 0 Å². The number of esters is 3. The highest BCUT2D eigenvalue weighted by atomic mass is 16.5. The highest BCUT2D eigenvalue weighted by Crippen LogP contribution is 2.25. The molecule has 0 fully saturated rings. The molecule has 59 heavy (non-hydrogen) atoms. The molecular formula is C52H101NO6. The molecule has 0 radical (unpaired) electrons. The first-order chi connectivity index (χ1) is 28.7. The summed E-state index contributed by atoms with van der Waals surface area (Å²) in [6.45, 7) is 16.0. The molecule has 0 rings (SSSR count). The molecule has 0 spiro atoms. The van der Waals surface area contributed by atoms with Crippen molar-refractivity contribution in [2.24, 2.45) is 17.8 Å². The van der Waals surface area contributed by atoms with Gasteiger partial charge in [-0.1, -0.05) is 182 Å². The standard InChI is InChI=1S/C52H101NO6/c1-8-12-22-31-47(32-23-13-9-2)39-43-58-50(54)37-28-20-16-18-26-35-49(45-52(56)57-42-30-41-53(7)46(5)6)36-27-19-17-21-29-38-51(55)59-44-40-48(33-24-14-10-3)34-25-15-11-4/h46-49H,8-45H2,1-7H3. The van der Waals surface area contributed by atoms with Gasteiger partial charge in [-0.25, -0.2) is 0 Å². The Labute approximate surface area is 367 Å². The summed E-state index contributed by atoms with van der Waals surface area (Å²) < 4.78 is 17.0. The molecular weight excluding hydrogens is 735 g/mol. The number of hydrogen-bond acceptors (Lipinski definition) is 7. The van der Waals surface area contributed by atoms with Crippen molar-refractivity contribution in [1.82, 2.24) is 4.90 Å². The van der Waals surface area contributed by atoms with Crippen molar-refractivity contribution in [1.29, 1.82) is 0 Å². The van der Waals surface area contributed by atoms with Gasteiger partial charge in [0.05, 0.1) is 19.8 Å². The van der Waals surface area contributed by atoms with Gasteiger partial charge in [0, 0.05) is 31.8 Å². The Morgan fingerprint density at radius 1 is 0.390 bits per heavy atom. The minimum Gasteiger partial charge on any atom is -0.466 e. The third kappa shape index (κ3) is 39.0. The fourth-order valence-corrected chi connectivity index (χ4v) is 8.29. The Morgan fingerprint density at radius 2 is 0.729 bits per heavy atom. The van der Waals surface area contributed by atoms with Gasteiger partial charge in [0.15, 0.2) is 0 Å². The maximum atomic E-state index is 12.8. The van der Waals surface area contributed by atoms with Gasteiger partial charge in [0.1, 0.15) is 0 Å². The molecule has 0 aromatic carbocycles. The van der Waals surface area contributed by atoms with E-state index in [0.29, 0.717) is 62.9 Å². The van der Waals surface area contributed by atoms with Crippen molar-refractivity contribution in [2.75, 3.05) is 33.4 Å². The lowest BCUT2D eigenvalue weighted by molar-refractivity contribution is -0.145. The highest BCUT2D eigenvalue weighted by Gasteiger charge is 2.16. The van der Waals surface area contributed by atoms with E-state index in [-0.39, 0.29) is 17.9 Å². The molecule has 7 nitrogen and oxygen atoms in total. The van der Waals surface area contributed by atoms with Crippen LogP contribution in [0.5, 0.6) is 0 Å². The second-order valence-electron chi connectivity index (χ2n) is 18.6. The molecule has 0 atom stereocenters. The van der Waals surface area contributed by atoms with Gasteiger partial charge < -0.3 is 19.1 Å². The van der Waals surface area contributed by atoms with Gasteiger partial charge in [-0.3, -0.25) is 14.4 Å². The number of unbranched alkanes of at least 4 members (excludes halogenated alkanes) is 16. The summed E-state index contributed by atoms with van der Waals surface area (Å²) in [5.74, 6) is 1.62. The van der Waals surface area contributed by atoms with Gasteiger partial charge in [0.2, 0.25) is 0 Å². The zero-order chi connectivity index (χ0) is 43.6. The molecule has 350 valence electrons. The molecule has 0 aliphatic carbocycles. The quantitative estimate of drug-likeness (QED) is 0.0343. The summed E-state index contributed by atoms with van der Waals surface area (Å²) in [5, 5.41) is 0. The van der Waals surface area contributed by atoms with Crippen molar-refractivity contribution >= 4 is 17.9 Å². The van der Waals surface area contributed by atoms with E-state index in [1.807, 2.05) is 0 Å². The predicted octanol–water partition coefficient (Wildman–Crippen LogP) is 15.1. The van der Waals surface area contributed by atoms with Gasteiger partial charge in [0.25, 0.3) is 0 Å². The van der Waals surface area contributed by atoms with Crippen LogP contribution in [0.15, 0.2) is 0 Å². The number of rotatable bonds is 45. The van der Waals surface area contributed by atoms with Crippen molar-refractivity contribution < 1.29 is 28.6 Å². The molecule has 0 saturated heterocycles. The first kappa shape index (κ1) is 57.4. The molecule has 0 aromatic rings. The Hall–Kier alpha value is -1.63. The largest absolute Gasteiger partial charge is 0.466 e. The highest BCUT2D eigenvalue weighted by molar-refractivity contribution is 5.70. The maximum Gasteiger partial charge on any atom is 0.306 e. The fourth-order valence-electron chi connectivity index (χ4n) is 8.29. The van der Waals surface area contributed by atoms with Crippen LogP contribution in [0.2, 0.25) is 0 Å². The van der Waals surface area contributed by atoms with Crippen LogP contribution in [-0.4, -0.2) is 62.3 Å².